The van der Waals surface area contributed by atoms with Crippen LogP contribution in [0.4, 0.5) is 0 Å². The molecule has 0 saturated carbocycles. The zero-order chi connectivity index (χ0) is 22.4. The van der Waals surface area contributed by atoms with Gasteiger partial charge in [0.05, 0.1) is 14.2 Å². The molecule has 0 aliphatic rings. The fraction of sp³-hybridized carbons (Fsp3) is 0.400. The molecule has 1 unspecified atom stereocenters. The van der Waals surface area contributed by atoms with Crippen molar-refractivity contribution in [1.82, 2.24) is 14.8 Å². The van der Waals surface area contributed by atoms with Gasteiger partial charge in [-0.2, -0.15) is 0 Å². The standard InChI is InChI=1S/C25H33N3O3/c1-6-28-17-23(21-9-7-8-10-24(21)28)22(16-25(29)26-11-12-27(2)3)18-13-19(30-4)15-20(14-18)31-5/h7-10,13-15,17,22H,6,11-12,16H2,1-5H3,(H,26,29). The highest BCUT2D eigenvalue weighted by Crippen LogP contribution is 2.37. The Morgan fingerprint density at radius 1 is 1.10 bits per heavy atom. The monoisotopic (exact) mass is 423 g/mol. The van der Waals surface area contributed by atoms with Gasteiger partial charge in [-0.1, -0.05) is 18.2 Å². The summed E-state index contributed by atoms with van der Waals surface area (Å²) < 4.78 is 13.2. The Morgan fingerprint density at radius 3 is 2.39 bits per heavy atom. The third-order valence-electron chi connectivity index (χ3n) is 5.58. The number of nitrogens with zero attached hydrogens (tertiary/aromatic N) is 2. The molecular formula is C25H33N3O3. The highest BCUT2D eigenvalue weighted by atomic mass is 16.5. The van der Waals surface area contributed by atoms with Crippen LogP contribution in [0.5, 0.6) is 11.5 Å². The number of amides is 1. The summed E-state index contributed by atoms with van der Waals surface area (Å²) in [6, 6.07) is 14.2. The molecule has 2 aromatic carbocycles. The molecule has 1 atom stereocenters. The summed E-state index contributed by atoms with van der Waals surface area (Å²) in [4.78, 5) is 15.0. The fourth-order valence-corrected chi connectivity index (χ4v) is 3.93. The first kappa shape index (κ1) is 22.7. The number of hydrogen-bond donors (Lipinski definition) is 1. The number of para-hydroxylation sites is 1. The van der Waals surface area contributed by atoms with Crippen LogP contribution < -0.4 is 14.8 Å². The largest absolute Gasteiger partial charge is 0.497 e. The van der Waals surface area contributed by atoms with Crippen molar-refractivity contribution in [1.29, 1.82) is 0 Å². The van der Waals surface area contributed by atoms with Crippen molar-refractivity contribution in [3.05, 3.63) is 59.8 Å². The van der Waals surface area contributed by atoms with E-state index < -0.39 is 0 Å². The van der Waals surface area contributed by atoms with E-state index in [2.05, 4.69) is 46.1 Å². The molecule has 6 heteroatoms. The molecule has 1 N–H and O–H groups in total. The van der Waals surface area contributed by atoms with E-state index in [4.69, 9.17) is 9.47 Å². The first-order chi connectivity index (χ1) is 15.0. The Labute approximate surface area is 184 Å². The van der Waals surface area contributed by atoms with Crippen LogP contribution in [0, 0.1) is 0 Å². The van der Waals surface area contributed by atoms with Crippen LogP contribution in [-0.2, 0) is 11.3 Å². The fourth-order valence-electron chi connectivity index (χ4n) is 3.93. The average molecular weight is 424 g/mol. The van der Waals surface area contributed by atoms with E-state index in [0.717, 1.165) is 29.6 Å². The summed E-state index contributed by atoms with van der Waals surface area (Å²) in [7, 11) is 7.28. The number of benzene rings is 2. The Bertz CT molecular complexity index is 1000. The minimum atomic E-state index is -0.124. The van der Waals surface area contributed by atoms with Gasteiger partial charge in [-0.15, -0.1) is 0 Å². The third-order valence-corrected chi connectivity index (χ3v) is 5.58. The number of hydrogen-bond acceptors (Lipinski definition) is 4. The molecule has 0 aliphatic heterocycles. The van der Waals surface area contributed by atoms with Crippen LogP contribution in [0.3, 0.4) is 0 Å². The summed E-state index contributed by atoms with van der Waals surface area (Å²) in [5, 5.41) is 4.22. The normalized spacial score (nSPS) is 12.2. The minimum absolute atomic E-state index is 0.0296. The van der Waals surface area contributed by atoms with Gasteiger partial charge in [0.25, 0.3) is 0 Å². The summed E-state index contributed by atoms with van der Waals surface area (Å²) in [5.74, 6) is 1.33. The summed E-state index contributed by atoms with van der Waals surface area (Å²) in [5.41, 5.74) is 3.31. The molecule has 166 valence electrons. The molecule has 3 rings (SSSR count). The predicted molar refractivity (Wildman–Crippen MR) is 125 cm³/mol. The average Bonchev–Trinajstić information content (AvgIpc) is 3.15. The molecule has 0 fully saturated rings. The van der Waals surface area contributed by atoms with Crippen molar-refractivity contribution in [3.8, 4) is 11.5 Å². The molecule has 0 saturated heterocycles. The third kappa shape index (κ3) is 5.39. The number of nitrogens with one attached hydrogen (secondary N) is 1. The van der Waals surface area contributed by atoms with Crippen LogP contribution in [-0.4, -0.2) is 56.8 Å². The Hall–Kier alpha value is -2.99. The molecule has 1 aromatic heterocycles. The summed E-state index contributed by atoms with van der Waals surface area (Å²) >= 11 is 0. The summed E-state index contributed by atoms with van der Waals surface area (Å²) in [6.45, 7) is 4.42. The van der Waals surface area contributed by atoms with E-state index in [0.29, 0.717) is 24.5 Å². The van der Waals surface area contributed by atoms with E-state index in [1.165, 1.54) is 5.52 Å². The molecular weight excluding hydrogens is 390 g/mol. The molecule has 0 spiro atoms. The van der Waals surface area contributed by atoms with Crippen molar-refractivity contribution in [2.24, 2.45) is 0 Å². The lowest BCUT2D eigenvalue weighted by molar-refractivity contribution is -0.121. The molecule has 3 aromatic rings. The topological polar surface area (TPSA) is 55.7 Å². The zero-order valence-corrected chi connectivity index (χ0v) is 19.1. The number of carbonyl (C=O) groups excluding carboxylic acids is 1. The molecule has 1 heterocycles. The SMILES string of the molecule is CCn1cc(C(CC(=O)NCCN(C)C)c2cc(OC)cc(OC)c2)c2ccccc21. The molecule has 31 heavy (non-hydrogen) atoms. The van der Waals surface area contributed by atoms with Gasteiger partial charge in [0, 0.05) is 55.1 Å². The van der Waals surface area contributed by atoms with Crippen molar-refractivity contribution in [3.63, 3.8) is 0 Å². The molecule has 0 aliphatic carbocycles. The Kier molecular flexibility index (Phi) is 7.58. The molecule has 6 nitrogen and oxygen atoms in total. The quantitative estimate of drug-likeness (QED) is 0.538. The van der Waals surface area contributed by atoms with Gasteiger partial charge in [0.2, 0.25) is 5.91 Å². The van der Waals surface area contributed by atoms with Crippen LogP contribution in [0.2, 0.25) is 0 Å². The Morgan fingerprint density at radius 2 is 1.77 bits per heavy atom. The van der Waals surface area contributed by atoms with E-state index in [1.54, 1.807) is 14.2 Å². The van der Waals surface area contributed by atoms with Crippen molar-refractivity contribution in [2.45, 2.75) is 25.8 Å². The first-order valence-electron chi connectivity index (χ1n) is 10.7. The van der Waals surface area contributed by atoms with Gasteiger partial charge in [0.1, 0.15) is 11.5 Å². The highest BCUT2D eigenvalue weighted by Gasteiger charge is 2.24. The van der Waals surface area contributed by atoms with Crippen LogP contribution in [0.1, 0.15) is 30.4 Å². The molecule has 0 radical (unpaired) electrons. The summed E-state index contributed by atoms with van der Waals surface area (Å²) in [6.07, 6.45) is 2.52. The van der Waals surface area contributed by atoms with E-state index in [9.17, 15) is 4.79 Å². The lowest BCUT2D eigenvalue weighted by atomic mass is 9.87. The number of likely N-dealkylation sites (N-methyl/N-ethyl adjacent to an activating group) is 1. The van der Waals surface area contributed by atoms with Crippen LogP contribution in [0.15, 0.2) is 48.7 Å². The van der Waals surface area contributed by atoms with Gasteiger partial charge in [-0.25, -0.2) is 0 Å². The van der Waals surface area contributed by atoms with Crippen molar-refractivity contribution >= 4 is 16.8 Å². The smallest absolute Gasteiger partial charge is 0.220 e. The van der Waals surface area contributed by atoms with Gasteiger partial charge in [0.15, 0.2) is 0 Å². The van der Waals surface area contributed by atoms with Gasteiger partial charge >= 0.3 is 0 Å². The van der Waals surface area contributed by atoms with Crippen molar-refractivity contribution < 1.29 is 14.3 Å². The van der Waals surface area contributed by atoms with Crippen molar-refractivity contribution in [2.75, 3.05) is 41.4 Å². The molecule has 0 bridgehead atoms. The maximum atomic E-state index is 12.9. The van der Waals surface area contributed by atoms with E-state index in [-0.39, 0.29) is 11.8 Å². The maximum Gasteiger partial charge on any atom is 0.220 e. The number of rotatable bonds is 10. The highest BCUT2D eigenvalue weighted by molar-refractivity contribution is 5.86. The lowest BCUT2D eigenvalue weighted by Crippen LogP contribution is -2.32. The zero-order valence-electron chi connectivity index (χ0n) is 19.1. The number of aryl methyl sites for hydroxylation is 1. The second kappa shape index (κ2) is 10.4. The second-order valence-electron chi connectivity index (χ2n) is 7.94. The molecule has 1 amide bonds. The van der Waals surface area contributed by atoms with Gasteiger partial charge in [-0.05, 0) is 50.3 Å². The van der Waals surface area contributed by atoms with Gasteiger partial charge < -0.3 is 24.3 Å². The number of carbonyl (C=O) groups is 1. The van der Waals surface area contributed by atoms with Crippen LogP contribution >= 0.6 is 0 Å². The predicted octanol–water partition coefficient (Wildman–Crippen LogP) is 3.88. The maximum absolute atomic E-state index is 12.9. The minimum Gasteiger partial charge on any atom is -0.497 e. The Balaban J connectivity index is 2.05. The van der Waals surface area contributed by atoms with Gasteiger partial charge in [-0.3, -0.25) is 4.79 Å². The van der Waals surface area contributed by atoms with Crippen LogP contribution in [0.25, 0.3) is 10.9 Å². The number of methoxy groups -OCH3 is 2. The number of fused-ring (bicyclic) bond motifs is 1. The lowest BCUT2D eigenvalue weighted by Gasteiger charge is -2.19. The number of ether oxygens (including phenoxy) is 2. The second-order valence-corrected chi connectivity index (χ2v) is 7.94. The van der Waals surface area contributed by atoms with E-state index >= 15 is 0 Å². The number of aromatic nitrogens is 1. The first-order valence-corrected chi connectivity index (χ1v) is 10.7. The van der Waals surface area contributed by atoms with E-state index in [1.807, 2.05) is 38.4 Å².